The summed E-state index contributed by atoms with van der Waals surface area (Å²) in [6.45, 7) is 2.72. The van der Waals surface area contributed by atoms with Gasteiger partial charge in [-0.1, -0.05) is 5.21 Å². The van der Waals surface area contributed by atoms with Crippen LogP contribution in [0, 0.1) is 0 Å². The lowest BCUT2D eigenvalue weighted by Gasteiger charge is -2.22. The van der Waals surface area contributed by atoms with Crippen LogP contribution in [0.5, 0.6) is 0 Å². The first-order valence-electron chi connectivity index (χ1n) is 6.02. The molecule has 0 aromatic carbocycles. The van der Waals surface area contributed by atoms with Gasteiger partial charge in [0.1, 0.15) is 0 Å². The quantitative estimate of drug-likeness (QED) is 0.754. The minimum absolute atomic E-state index is 0.461. The SMILES string of the molecule is Cn1cc(CNCCC2CCCCO2)nn1. The van der Waals surface area contributed by atoms with Gasteiger partial charge in [-0.15, -0.1) is 5.10 Å². The van der Waals surface area contributed by atoms with Crippen molar-refractivity contribution in [3.05, 3.63) is 11.9 Å². The lowest BCUT2D eigenvalue weighted by atomic mass is 10.1. The summed E-state index contributed by atoms with van der Waals surface area (Å²) in [6, 6.07) is 0. The molecule has 2 heterocycles. The summed E-state index contributed by atoms with van der Waals surface area (Å²) in [5.41, 5.74) is 0.993. The molecule has 2 rings (SSSR count). The van der Waals surface area contributed by atoms with E-state index in [1.165, 1.54) is 19.3 Å². The second-order valence-electron chi connectivity index (χ2n) is 4.34. The predicted octanol–water partition coefficient (Wildman–Crippen LogP) is 0.864. The first-order valence-corrected chi connectivity index (χ1v) is 6.02. The van der Waals surface area contributed by atoms with Gasteiger partial charge < -0.3 is 10.1 Å². The van der Waals surface area contributed by atoms with E-state index in [-0.39, 0.29) is 0 Å². The standard InChI is InChI=1S/C11H20N4O/c1-15-9-10(13-14-15)8-12-6-5-11-4-2-3-7-16-11/h9,11-12H,2-8H2,1H3. The van der Waals surface area contributed by atoms with Crippen molar-refractivity contribution in [2.45, 2.75) is 38.3 Å². The van der Waals surface area contributed by atoms with Crippen molar-refractivity contribution in [1.29, 1.82) is 0 Å². The van der Waals surface area contributed by atoms with Gasteiger partial charge in [-0.2, -0.15) is 0 Å². The van der Waals surface area contributed by atoms with Crippen LogP contribution in [0.2, 0.25) is 0 Å². The normalized spacial score (nSPS) is 21.2. The summed E-state index contributed by atoms with van der Waals surface area (Å²) in [7, 11) is 1.88. The van der Waals surface area contributed by atoms with E-state index >= 15 is 0 Å². The Kier molecular flexibility index (Phi) is 4.30. The fraction of sp³-hybridized carbons (Fsp3) is 0.818. The molecule has 1 fully saturated rings. The monoisotopic (exact) mass is 224 g/mol. The highest BCUT2D eigenvalue weighted by atomic mass is 16.5. The van der Waals surface area contributed by atoms with E-state index in [1.54, 1.807) is 4.68 Å². The van der Waals surface area contributed by atoms with Gasteiger partial charge in [0.2, 0.25) is 0 Å². The zero-order chi connectivity index (χ0) is 11.2. The number of nitrogens with zero attached hydrogens (tertiary/aromatic N) is 3. The fourth-order valence-corrected chi connectivity index (χ4v) is 1.99. The Labute approximate surface area is 96.2 Å². The molecule has 5 nitrogen and oxygen atoms in total. The molecule has 1 aliphatic heterocycles. The van der Waals surface area contributed by atoms with E-state index in [2.05, 4.69) is 15.6 Å². The Hall–Kier alpha value is -0.940. The highest BCUT2D eigenvalue weighted by molar-refractivity contribution is 4.90. The molecule has 0 spiro atoms. The number of hydrogen-bond acceptors (Lipinski definition) is 4. The molecule has 0 saturated carbocycles. The molecule has 0 amide bonds. The van der Waals surface area contributed by atoms with Crippen molar-refractivity contribution in [1.82, 2.24) is 20.3 Å². The summed E-state index contributed by atoms with van der Waals surface area (Å²) in [6.07, 6.45) is 7.25. The van der Waals surface area contributed by atoms with E-state index in [0.717, 1.165) is 31.8 Å². The Morgan fingerprint density at radius 1 is 1.56 bits per heavy atom. The molecule has 1 aromatic rings. The molecule has 5 heteroatoms. The minimum Gasteiger partial charge on any atom is -0.378 e. The number of aryl methyl sites for hydroxylation is 1. The maximum atomic E-state index is 5.66. The minimum atomic E-state index is 0.461. The van der Waals surface area contributed by atoms with Crippen LogP contribution < -0.4 is 5.32 Å². The number of nitrogens with one attached hydrogen (secondary N) is 1. The molecule has 0 aliphatic carbocycles. The summed E-state index contributed by atoms with van der Waals surface area (Å²) in [5, 5.41) is 11.3. The van der Waals surface area contributed by atoms with Gasteiger partial charge in [-0.05, 0) is 32.2 Å². The summed E-state index contributed by atoms with van der Waals surface area (Å²) in [4.78, 5) is 0. The van der Waals surface area contributed by atoms with Crippen LogP contribution in [0.3, 0.4) is 0 Å². The van der Waals surface area contributed by atoms with Crippen LogP contribution in [0.15, 0.2) is 6.20 Å². The molecule has 1 N–H and O–H groups in total. The molecule has 0 bridgehead atoms. The fourth-order valence-electron chi connectivity index (χ4n) is 1.99. The van der Waals surface area contributed by atoms with Gasteiger partial charge in [0.25, 0.3) is 0 Å². The van der Waals surface area contributed by atoms with Crippen molar-refractivity contribution >= 4 is 0 Å². The highest BCUT2D eigenvalue weighted by Crippen LogP contribution is 2.14. The molecule has 1 aliphatic rings. The number of ether oxygens (including phenoxy) is 1. The van der Waals surface area contributed by atoms with E-state index in [0.29, 0.717) is 6.10 Å². The van der Waals surface area contributed by atoms with Crippen LogP contribution in [-0.2, 0) is 18.3 Å². The Morgan fingerprint density at radius 2 is 2.50 bits per heavy atom. The van der Waals surface area contributed by atoms with Crippen molar-refractivity contribution in [2.24, 2.45) is 7.05 Å². The smallest absolute Gasteiger partial charge is 0.0964 e. The molecule has 90 valence electrons. The topological polar surface area (TPSA) is 52.0 Å². The number of rotatable bonds is 5. The maximum absolute atomic E-state index is 5.66. The van der Waals surface area contributed by atoms with Gasteiger partial charge in [-0.25, -0.2) is 0 Å². The average Bonchev–Trinajstić information content (AvgIpc) is 2.72. The second kappa shape index (κ2) is 5.96. The summed E-state index contributed by atoms with van der Waals surface area (Å²) in [5.74, 6) is 0. The van der Waals surface area contributed by atoms with Crippen LogP contribution >= 0.6 is 0 Å². The number of aromatic nitrogens is 3. The average molecular weight is 224 g/mol. The molecule has 1 aromatic heterocycles. The van der Waals surface area contributed by atoms with Gasteiger partial charge in [0, 0.05) is 26.4 Å². The zero-order valence-electron chi connectivity index (χ0n) is 9.85. The van der Waals surface area contributed by atoms with Crippen molar-refractivity contribution < 1.29 is 4.74 Å². The first kappa shape index (κ1) is 11.5. The number of hydrogen-bond donors (Lipinski definition) is 1. The highest BCUT2D eigenvalue weighted by Gasteiger charge is 2.12. The van der Waals surface area contributed by atoms with Crippen LogP contribution in [0.4, 0.5) is 0 Å². The summed E-state index contributed by atoms with van der Waals surface area (Å²) < 4.78 is 7.39. The second-order valence-corrected chi connectivity index (χ2v) is 4.34. The molecule has 16 heavy (non-hydrogen) atoms. The van der Waals surface area contributed by atoms with Crippen molar-refractivity contribution in [3.63, 3.8) is 0 Å². The van der Waals surface area contributed by atoms with E-state index in [4.69, 9.17) is 4.74 Å². The molecule has 0 radical (unpaired) electrons. The lowest BCUT2D eigenvalue weighted by molar-refractivity contribution is 0.0115. The molecule has 1 saturated heterocycles. The van der Waals surface area contributed by atoms with Crippen molar-refractivity contribution in [3.8, 4) is 0 Å². The van der Waals surface area contributed by atoms with Gasteiger partial charge >= 0.3 is 0 Å². The Bertz CT molecular complexity index is 307. The molecular formula is C11H20N4O. The third kappa shape index (κ3) is 3.57. The van der Waals surface area contributed by atoms with E-state index in [9.17, 15) is 0 Å². The maximum Gasteiger partial charge on any atom is 0.0964 e. The van der Waals surface area contributed by atoms with Gasteiger partial charge in [0.05, 0.1) is 11.8 Å². The van der Waals surface area contributed by atoms with E-state index in [1.807, 2.05) is 13.2 Å². The van der Waals surface area contributed by atoms with Crippen LogP contribution in [0.1, 0.15) is 31.4 Å². The Balaban J connectivity index is 1.57. The molecule has 1 atom stereocenters. The lowest BCUT2D eigenvalue weighted by Crippen LogP contribution is -2.25. The first-order chi connectivity index (χ1) is 7.84. The van der Waals surface area contributed by atoms with Gasteiger partial charge in [-0.3, -0.25) is 4.68 Å². The Morgan fingerprint density at radius 3 is 3.19 bits per heavy atom. The predicted molar refractivity (Wildman–Crippen MR) is 60.9 cm³/mol. The molecule has 1 unspecified atom stereocenters. The van der Waals surface area contributed by atoms with Crippen LogP contribution in [-0.4, -0.2) is 34.2 Å². The third-order valence-electron chi connectivity index (χ3n) is 2.87. The van der Waals surface area contributed by atoms with Crippen molar-refractivity contribution in [2.75, 3.05) is 13.2 Å². The van der Waals surface area contributed by atoms with E-state index < -0.39 is 0 Å². The largest absolute Gasteiger partial charge is 0.378 e. The van der Waals surface area contributed by atoms with Crippen LogP contribution in [0.25, 0.3) is 0 Å². The third-order valence-corrected chi connectivity index (χ3v) is 2.87. The zero-order valence-corrected chi connectivity index (χ0v) is 9.85. The van der Waals surface area contributed by atoms with Gasteiger partial charge in [0.15, 0.2) is 0 Å². The summed E-state index contributed by atoms with van der Waals surface area (Å²) >= 11 is 0. The molecular weight excluding hydrogens is 204 g/mol.